The number of aliphatic hydroxyl groups is 1. The topological polar surface area (TPSA) is 67.8 Å². The average Bonchev–Trinajstić information content (AvgIpc) is 2.71. The lowest BCUT2D eigenvalue weighted by atomic mass is 10.1. The summed E-state index contributed by atoms with van der Waals surface area (Å²) in [4.78, 5) is 10.0. The van der Waals surface area contributed by atoms with Crippen LogP contribution in [0.25, 0.3) is 0 Å². The Labute approximate surface area is 180 Å². The highest BCUT2D eigenvalue weighted by molar-refractivity contribution is 6.31. The number of carbonyl (C=O) groups excluding carboxylic acids is 1. The Morgan fingerprint density at radius 1 is 1.17 bits per heavy atom. The molecule has 0 spiro atoms. The average molecular weight is 424 g/mol. The minimum Gasteiger partial charge on any atom is -0.463 e. The first-order chi connectivity index (χ1) is 13.9. The molecule has 6 heteroatoms. The Balaban J connectivity index is 0. The standard InChI is InChI=1S/C10H13NO.C9H9ClO2.C3H8.CH4O/c1-8(2)12-10-6-4-9(11-3)5-7-10;1-7(12-6-11)8-4-2-3-5-9(8)10;1-3-2;1-2/h4-7,11H,1H2,2-3H3;2-7H,1H3;3H2,1-2H3;2H,1H3. The Kier molecular flexibility index (Phi) is 18.7. The largest absolute Gasteiger partial charge is 0.463 e. The smallest absolute Gasteiger partial charge is 0.293 e. The molecule has 2 N–H and O–H groups in total. The number of allylic oxidation sites excluding steroid dienone is 1. The fourth-order valence-corrected chi connectivity index (χ4v) is 2.14. The van der Waals surface area contributed by atoms with Crippen molar-refractivity contribution in [3.8, 4) is 5.75 Å². The molecule has 0 bridgehead atoms. The van der Waals surface area contributed by atoms with Gasteiger partial charge in [0, 0.05) is 30.4 Å². The van der Waals surface area contributed by atoms with Crippen LogP contribution in [0, 0.1) is 0 Å². The summed E-state index contributed by atoms with van der Waals surface area (Å²) >= 11 is 5.86. The third-order valence-corrected chi connectivity index (χ3v) is 3.38. The SMILES string of the molecule is C=C(C)Oc1ccc(NC)cc1.CC(OC=O)c1ccccc1Cl.CCC.CO. The van der Waals surface area contributed by atoms with Crippen molar-refractivity contribution < 1.29 is 19.4 Å². The second-order valence-corrected chi connectivity index (χ2v) is 6.09. The first-order valence-electron chi connectivity index (χ1n) is 9.28. The van der Waals surface area contributed by atoms with Crippen LogP contribution < -0.4 is 10.1 Å². The van der Waals surface area contributed by atoms with Crippen LogP contribution in [0.3, 0.4) is 0 Å². The van der Waals surface area contributed by atoms with Gasteiger partial charge in [-0.05, 0) is 44.2 Å². The van der Waals surface area contributed by atoms with Crippen molar-refractivity contribution in [3.63, 3.8) is 0 Å². The van der Waals surface area contributed by atoms with Crippen molar-refractivity contribution >= 4 is 23.8 Å². The molecule has 0 aliphatic heterocycles. The van der Waals surface area contributed by atoms with E-state index in [4.69, 9.17) is 26.2 Å². The molecule has 0 saturated heterocycles. The van der Waals surface area contributed by atoms with Crippen molar-refractivity contribution in [2.45, 2.75) is 40.2 Å². The second kappa shape index (κ2) is 18.8. The lowest BCUT2D eigenvalue weighted by Crippen LogP contribution is -1.98. The van der Waals surface area contributed by atoms with Crippen LogP contribution in [-0.4, -0.2) is 25.7 Å². The van der Waals surface area contributed by atoms with E-state index in [1.165, 1.54) is 6.42 Å². The Morgan fingerprint density at radius 3 is 2.10 bits per heavy atom. The number of hydrogen-bond acceptors (Lipinski definition) is 5. The van der Waals surface area contributed by atoms with Crippen molar-refractivity contribution in [1.29, 1.82) is 0 Å². The molecule has 0 heterocycles. The van der Waals surface area contributed by atoms with Gasteiger partial charge in [-0.2, -0.15) is 0 Å². The molecule has 5 nitrogen and oxygen atoms in total. The van der Waals surface area contributed by atoms with Crippen molar-refractivity contribution in [2.24, 2.45) is 0 Å². The summed E-state index contributed by atoms with van der Waals surface area (Å²) < 4.78 is 10.0. The van der Waals surface area contributed by atoms with E-state index in [0.717, 1.165) is 24.1 Å². The quantitative estimate of drug-likeness (QED) is 0.425. The summed E-state index contributed by atoms with van der Waals surface area (Å²) in [5.74, 6) is 1.52. The van der Waals surface area contributed by atoms with Crippen LogP contribution in [0.2, 0.25) is 5.02 Å². The van der Waals surface area contributed by atoms with Crippen LogP contribution in [0.4, 0.5) is 5.69 Å². The molecule has 2 aromatic carbocycles. The number of anilines is 1. The fraction of sp³-hybridized carbons (Fsp3) is 0.348. The molecule has 0 fully saturated rings. The zero-order valence-electron chi connectivity index (χ0n) is 18.2. The molecule has 29 heavy (non-hydrogen) atoms. The van der Waals surface area contributed by atoms with Gasteiger partial charge in [-0.25, -0.2) is 0 Å². The highest BCUT2D eigenvalue weighted by Gasteiger charge is 2.08. The summed E-state index contributed by atoms with van der Waals surface area (Å²) in [6.45, 7) is 11.9. The minimum absolute atomic E-state index is 0.281. The van der Waals surface area contributed by atoms with Gasteiger partial charge in [0.25, 0.3) is 6.47 Å². The normalized spacial score (nSPS) is 9.66. The fourth-order valence-electron chi connectivity index (χ4n) is 1.85. The molecule has 0 aromatic heterocycles. The monoisotopic (exact) mass is 423 g/mol. The number of halogens is 1. The van der Waals surface area contributed by atoms with Gasteiger partial charge >= 0.3 is 0 Å². The summed E-state index contributed by atoms with van der Waals surface area (Å²) in [5.41, 5.74) is 1.90. The number of aliphatic hydroxyl groups excluding tert-OH is 1. The molecule has 0 radical (unpaired) electrons. The van der Waals surface area contributed by atoms with Gasteiger partial charge in [-0.3, -0.25) is 4.79 Å². The highest BCUT2D eigenvalue weighted by atomic mass is 35.5. The zero-order valence-corrected chi connectivity index (χ0v) is 19.0. The van der Waals surface area contributed by atoms with Crippen molar-refractivity contribution in [3.05, 3.63) is 71.5 Å². The van der Waals surface area contributed by atoms with E-state index < -0.39 is 0 Å². The van der Waals surface area contributed by atoms with E-state index in [1.54, 1.807) is 13.0 Å². The van der Waals surface area contributed by atoms with E-state index in [2.05, 4.69) is 25.7 Å². The maximum absolute atomic E-state index is 10.0. The van der Waals surface area contributed by atoms with E-state index in [-0.39, 0.29) is 6.10 Å². The van der Waals surface area contributed by atoms with Crippen LogP contribution in [-0.2, 0) is 9.53 Å². The second-order valence-electron chi connectivity index (χ2n) is 5.68. The summed E-state index contributed by atoms with van der Waals surface area (Å²) in [5, 5.41) is 10.6. The predicted octanol–water partition coefficient (Wildman–Crippen LogP) is 6.24. The van der Waals surface area contributed by atoms with E-state index >= 15 is 0 Å². The number of carbonyl (C=O) groups is 1. The third kappa shape index (κ3) is 14.2. The first kappa shape index (κ1) is 28.7. The van der Waals surface area contributed by atoms with Gasteiger partial charge in [-0.1, -0.05) is 56.6 Å². The van der Waals surface area contributed by atoms with Gasteiger partial charge < -0.3 is 19.9 Å². The molecular formula is C23H34ClNO4. The molecule has 0 saturated carbocycles. The Hall–Kier alpha value is -2.50. The molecule has 0 aliphatic carbocycles. The summed E-state index contributed by atoms with van der Waals surface area (Å²) in [7, 11) is 2.88. The Bertz CT molecular complexity index is 675. The molecule has 2 aromatic rings. The molecule has 162 valence electrons. The maximum atomic E-state index is 10.0. The number of hydrogen-bond donors (Lipinski definition) is 2. The van der Waals surface area contributed by atoms with Crippen LogP contribution in [0.1, 0.15) is 45.8 Å². The van der Waals surface area contributed by atoms with E-state index in [0.29, 0.717) is 17.3 Å². The maximum Gasteiger partial charge on any atom is 0.293 e. The van der Waals surface area contributed by atoms with Crippen molar-refractivity contribution in [1.82, 2.24) is 0 Å². The van der Waals surface area contributed by atoms with E-state index in [1.807, 2.05) is 56.4 Å². The highest BCUT2D eigenvalue weighted by Crippen LogP contribution is 2.24. The lowest BCUT2D eigenvalue weighted by molar-refractivity contribution is -0.133. The van der Waals surface area contributed by atoms with Crippen LogP contribution >= 0.6 is 11.6 Å². The number of benzene rings is 2. The number of ether oxygens (including phenoxy) is 2. The number of nitrogens with one attached hydrogen (secondary N) is 1. The van der Waals surface area contributed by atoms with Gasteiger partial charge in [-0.15, -0.1) is 0 Å². The molecule has 1 atom stereocenters. The van der Waals surface area contributed by atoms with E-state index in [9.17, 15) is 4.79 Å². The molecule has 0 aliphatic rings. The van der Waals surface area contributed by atoms with Crippen LogP contribution in [0.5, 0.6) is 5.75 Å². The number of rotatable bonds is 6. The summed E-state index contributed by atoms with van der Waals surface area (Å²) in [6, 6.07) is 15.0. The third-order valence-electron chi connectivity index (χ3n) is 3.04. The zero-order chi connectivity index (χ0) is 22.7. The first-order valence-corrected chi connectivity index (χ1v) is 9.66. The predicted molar refractivity (Wildman–Crippen MR) is 123 cm³/mol. The molecular weight excluding hydrogens is 390 g/mol. The minimum atomic E-state index is -0.281. The molecule has 2 rings (SSSR count). The lowest BCUT2D eigenvalue weighted by Gasteiger charge is -2.10. The van der Waals surface area contributed by atoms with Gasteiger partial charge in [0.1, 0.15) is 11.9 Å². The van der Waals surface area contributed by atoms with Crippen molar-refractivity contribution in [2.75, 3.05) is 19.5 Å². The Morgan fingerprint density at radius 2 is 1.69 bits per heavy atom. The van der Waals surface area contributed by atoms with Gasteiger partial charge in [0.05, 0.1) is 5.76 Å². The van der Waals surface area contributed by atoms with Gasteiger partial charge in [0.2, 0.25) is 0 Å². The molecule has 0 amide bonds. The summed E-state index contributed by atoms with van der Waals surface area (Å²) in [6.07, 6.45) is 0.969. The van der Waals surface area contributed by atoms with Gasteiger partial charge in [0.15, 0.2) is 0 Å². The molecule has 1 unspecified atom stereocenters. The van der Waals surface area contributed by atoms with Crippen LogP contribution in [0.15, 0.2) is 60.9 Å².